The van der Waals surface area contributed by atoms with Crippen LogP contribution in [0.15, 0.2) is 18.3 Å². The summed E-state index contributed by atoms with van der Waals surface area (Å²) >= 11 is 5.95. The van der Waals surface area contributed by atoms with E-state index in [1.165, 1.54) is 0 Å². The number of piperidine rings is 2. The van der Waals surface area contributed by atoms with Crippen LogP contribution in [0.2, 0.25) is 5.02 Å². The summed E-state index contributed by atoms with van der Waals surface area (Å²) < 4.78 is 0. The number of amides is 1. The van der Waals surface area contributed by atoms with Crippen molar-refractivity contribution in [2.75, 3.05) is 44.7 Å². The predicted molar refractivity (Wildman–Crippen MR) is 100.0 cm³/mol. The zero-order chi connectivity index (χ0) is 17.4. The van der Waals surface area contributed by atoms with Gasteiger partial charge in [0.2, 0.25) is 5.91 Å². The van der Waals surface area contributed by atoms with Gasteiger partial charge in [-0.2, -0.15) is 0 Å². The van der Waals surface area contributed by atoms with Crippen LogP contribution in [0.1, 0.15) is 32.1 Å². The number of anilines is 1. The number of carbonyl (C=O) groups excluding carboxylic acids is 1. The summed E-state index contributed by atoms with van der Waals surface area (Å²) in [5.41, 5.74) is 0.304. The van der Waals surface area contributed by atoms with Crippen molar-refractivity contribution in [2.24, 2.45) is 5.41 Å². The summed E-state index contributed by atoms with van der Waals surface area (Å²) in [6, 6.07) is 4.34. The zero-order valence-electron chi connectivity index (χ0n) is 15.0. The molecule has 1 aromatic rings. The summed E-state index contributed by atoms with van der Waals surface area (Å²) in [6.45, 7) is 5.12. The number of likely N-dealkylation sites (N-methyl/N-ethyl adjacent to an activating group) is 1. The first kappa shape index (κ1) is 17.1. The fourth-order valence-corrected chi connectivity index (χ4v) is 4.83. The molecule has 1 amide bonds. The fraction of sp³-hybridized carbons (Fsp3) is 0.684. The molecule has 1 spiro atoms. The van der Waals surface area contributed by atoms with Crippen molar-refractivity contribution in [2.45, 2.75) is 38.1 Å². The minimum absolute atomic E-state index is 0.304. The van der Waals surface area contributed by atoms with Crippen molar-refractivity contribution in [3.63, 3.8) is 0 Å². The molecule has 0 radical (unpaired) electrons. The normalized spacial score (nSPS) is 27.3. The maximum absolute atomic E-state index is 12.5. The van der Waals surface area contributed by atoms with Crippen LogP contribution in [-0.4, -0.2) is 66.5 Å². The molecule has 6 heteroatoms. The quantitative estimate of drug-likeness (QED) is 0.810. The third-order valence-corrected chi connectivity index (χ3v) is 6.59. The SMILES string of the molecule is CN1CCC(N2CC3(CCC2=O)CCN(c2ccc(Cl)cn2)CC3)C1. The largest absolute Gasteiger partial charge is 0.357 e. The van der Waals surface area contributed by atoms with E-state index in [-0.39, 0.29) is 0 Å². The Morgan fingerprint density at radius 1 is 1.20 bits per heavy atom. The van der Waals surface area contributed by atoms with E-state index in [4.69, 9.17) is 11.6 Å². The standard InChI is InChI=1S/C19H27ClN4O/c1-22-9-5-16(13-22)24-14-19(6-4-18(24)25)7-10-23(11-8-19)17-3-2-15(20)12-21-17/h2-3,12,16H,4-11,13-14H2,1H3. The number of carbonyl (C=O) groups is 1. The number of likely N-dealkylation sites (tertiary alicyclic amines) is 2. The van der Waals surface area contributed by atoms with Crippen LogP contribution in [0, 0.1) is 5.41 Å². The molecule has 0 N–H and O–H groups in total. The molecule has 1 unspecified atom stereocenters. The van der Waals surface area contributed by atoms with E-state index < -0.39 is 0 Å². The fourth-order valence-electron chi connectivity index (χ4n) is 4.72. The number of hydrogen-bond donors (Lipinski definition) is 0. The lowest BCUT2D eigenvalue weighted by atomic mass is 9.72. The smallest absolute Gasteiger partial charge is 0.222 e. The van der Waals surface area contributed by atoms with Gasteiger partial charge in [-0.3, -0.25) is 4.79 Å². The lowest BCUT2D eigenvalue weighted by Gasteiger charge is -2.49. The average Bonchev–Trinajstić information content (AvgIpc) is 3.05. The molecule has 0 bridgehead atoms. The van der Waals surface area contributed by atoms with Gasteiger partial charge in [0.25, 0.3) is 0 Å². The minimum atomic E-state index is 0.304. The lowest BCUT2D eigenvalue weighted by Crippen LogP contribution is -2.55. The molecule has 0 aromatic carbocycles. The highest BCUT2D eigenvalue weighted by molar-refractivity contribution is 6.30. The molecular weight excluding hydrogens is 336 g/mol. The number of nitrogens with zero attached hydrogens (tertiary/aromatic N) is 4. The van der Waals surface area contributed by atoms with Gasteiger partial charge in [0.1, 0.15) is 5.82 Å². The van der Waals surface area contributed by atoms with Crippen molar-refractivity contribution in [3.8, 4) is 0 Å². The molecule has 3 fully saturated rings. The van der Waals surface area contributed by atoms with E-state index in [1.807, 2.05) is 12.1 Å². The number of rotatable bonds is 2. The Labute approximate surface area is 154 Å². The number of pyridine rings is 1. The monoisotopic (exact) mass is 362 g/mol. The third kappa shape index (κ3) is 3.49. The van der Waals surface area contributed by atoms with Gasteiger partial charge in [-0.1, -0.05) is 11.6 Å². The van der Waals surface area contributed by atoms with Crippen molar-refractivity contribution in [1.82, 2.24) is 14.8 Å². The first-order valence-electron chi connectivity index (χ1n) is 9.39. The highest BCUT2D eigenvalue weighted by Gasteiger charge is 2.43. The minimum Gasteiger partial charge on any atom is -0.357 e. The van der Waals surface area contributed by atoms with E-state index in [0.717, 1.165) is 70.6 Å². The number of hydrogen-bond acceptors (Lipinski definition) is 4. The van der Waals surface area contributed by atoms with Gasteiger partial charge in [-0.05, 0) is 56.8 Å². The van der Waals surface area contributed by atoms with E-state index in [0.29, 0.717) is 22.4 Å². The average molecular weight is 363 g/mol. The first-order valence-corrected chi connectivity index (χ1v) is 9.77. The second kappa shape index (κ2) is 6.76. The van der Waals surface area contributed by atoms with Gasteiger partial charge in [-0.15, -0.1) is 0 Å². The summed E-state index contributed by atoms with van der Waals surface area (Å²) in [5, 5.41) is 0.681. The molecule has 3 aliphatic rings. The second-order valence-corrected chi connectivity index (χ2v) is 8.48. The molecule has 0 saturated carbocycles. The molecule has 0 aliphatic carbocycles. The Bertz CT molecular complexity index is 627. The van der Waals surface area contributed by atoms with E-state index in [2.05, 4.69) is 26.7 Å². The maximum atomic E-state index is 12.5. The first-order chi connectivity index (χ1) is 12.0. The Hall–Kier alpha value is -1.33. The maximum Gasteiger partial charge on any atom is 0.222 e. The zero-order valence-corrected chi connectivity index (χ0v) is 15.7. The van der Waals surface area contributed by atoms with Crippen LogP contribution in [0.4, 0.5) is 5.82 Å². The Morgan fingerprint density at radius 3 is 2.64 bits per heavy atom. The third-order valence-electron chi connectivity index (χ3n) is 6.36. The van der Waals surface area contributed by atoms with Crippen molar-refractivity contribution >= 4 is 23.3 Å². The van der Waals surface area contributed by atoms with Crippen molar-refractivity contribution in [1.29, 1.82) is 0 Å². The van der Waals surface area contributed by atoms with Crippen LogP contribution < -0.4 is 4.90 Å². The van der Waals surface area contributed by atoms with Crippen molar-refractivity contribution in [3.05, 3.63) is 23.4 Å². The second-order valence-electron chi connectivity index (χ2n) is 8.05. The summed E-state index contributed by atoms with van der Waals surface area (Å²) in [7, 11) is 2.15. The Balaban J connectivity index is 1.41. The van der Waals surface area contributed by atoms with Crippen LogP contribution in [0.25, 0.3) is 0 Å². The van der Waals surface area contributed by atoms with Gasteiger partial charge in [0, 0.05) is 44.8 Å². The van der Waals surface area contributed by atoms with Crippen LogP contribution >= 0.6 is 11.6 Å². The molecule has 1 aromatic heterocycles. The van der Waals surface area contributed by atoms with Gasteiger partial charge in [-0.25, -0.2) is 4.98 Å². The lowest BCUT2D eigenvalue weighted by molar-refractivity contribution is -0.141. The topological polar surface area (TPSA) is 39.7 Å². The van der Waals surface area contributed by atoms with Gasteiger partial charge in [0.05, 0.1) is 5.02 Å². The molecule has 25 heavy (non-hydrogen) atoms. The molecule has 3 aliphatic heterocycles. The van der Waals surface area contributed by atoms with Crippen molar-refractivity contribution < 1.29 is 4.79 Å². The summed E-state index contributed by atoms with van der Waals surface area (Å²) in [5.74, 6) is 1.38. The van der Waals surface area contributed by atoms with Gasteiger partial charge >= 0.3 is 0 Å². The Kier molecular flexibility index (Phi) is 4.63. The summed E-state index contributed by atoms with van der Waals surface area (Å²) in [4.78, 5) is 23.9. The van der Waals surface area contributed by atoms with E-state index in [9.17, 15) is 4.79 Å². The Morgan fingerprint density at radius 2 is 2.00 bits per heavy atom. The molecule has 5 nitrogen and oxygen atoms in total. The molecule has 136 valence electrons. The highest BCUT2D eigenvalue weighted by Crippen LogP contribution is 2.42. The van der Waals surface area contributed by atoms with Gasteiger partial charge < -0.3 is 14.7 Å². The highest BCUT2D eigenvalue weighted by atomic mass is 35.5. The molecule has 4 rings (SSSR count). The van der Waals surface area contributed by atoms with Gasteiger partial charge in [0.15, 0.2) is 0 Å². The molecule has 1 atom stereocenters. The van der Waals surface area contributed by atoms with E-state index in [1.54, 1.807) is 6.20 Å². The molecular formula is C19H27ClN4O. The van der Waals surface area contributed by atoms with Crippen LogP contribution in [0.3, 0.4) is 0 Å². The molecule has 3 saturated heterocycles. The molecule has 4 heterocycles. The van der Waals surface area contributed by atoms with Crippen LogP contribution in [0.5, 0.6) is 0 Å². The number of aromatic nitrogens is 1. The van der Waals surface area contributed by atoms with Crippen LogP contribution in [-0.2, 0) is 4.79 Å². The summed E-state index contributed by atoms with van der Waals surface area (Å²) in [6.07, 6.45) is 6.90. The van der Waals surface area contributed by atoms with E-state index >= 15 is 0 Å². The number of halogens is 1. The predicted octanol–water partition coefficient (Wildman–Crippen LogP) is 2.65.